The van der Waals surface area contributed by atoms with Gasteiger partial charge in [0.15, 0.2) is 0 Å². The number of nitrogens with zero attached hydrogens (tertiary/aromatic N) is 2. The van der Waals surface area contributed by atoms with Gasteiger partial charge in [-0.15, -0.1) is 0 Å². The van der Waals surface area contributed by atoms with Crippen LogP contribution in [-0.2, 0) is 12.1 Å². The maximum Gasteiger partial charge on any atom is 0.128 e. The largest absolute Gasteiger partial charge is 0.497 e. The maximum absolute atomic E-state index is 10.8. The van der Waals surface area contributed by atoms with Gasteiger partial charge in [-0.05, 0) is 37.1 Å². The lowest BCUT2D eigenvalue weighted by molar-refractivity contribution is 0.0913. The maximum atomic E-state index is 10.8. The van der Waals surface area contributed by atoms with Crippen LogP contribution in [0.5, 0.6) is 5.75 Å². The van der Waals surface area contributed by atoms with Crippen LogP contribution in [0.25, 0.3) is 0 Å². The smallest absolute Gasteiger partial charge is 0.128 e. The first-order chi connectivity index (χ1) is 9.09. The molecule has 0 saturated carbocycles. The van der Waals surface area contributed by atoms with Crippen LogP contribution in [0.2, 0.25) is 0 Å². The molecule has 0 spiro atoms. The minimum absolute atomic E-state index is 0.779. The summed E-state index contributed by atoms with van der Waals surface area (Å²) >= 11 is 0. The molecule has 1 heterocycles. The van der Waals surface area contributed by atoms with E-state index in [1.807, 2.05) is 35.0 Å². The Balaban J connectivity index is 2.36. The zero-order valence-electron chi connectivity index (χ0n) is 11.6. The van der Waals surface area contributed by atoms with E-state index in [4.69, 9.17) is 4.74 Å². The number of hydrogen-bond donors (Lipinski definition) is 1. The lowest BCUT2D eigenvalue weighted by atomic mass is 9.92. The molecule has 1 N–H and O–H groups in total. The molecular weight excluding hydrogens is 240 g/mol. The molecule has 1 atom stereocenters. The number of aryl methyl sites for hydroxylation is 1. The van der Waals surface area contributed by atoms with Crippen LogP contribution in [0, 0.1) is 0 Å². The van der Waals surface area contributed by atoms with Crippen LogP contribution in [-0.4, -0.2) is 22.0 Å². The summed E-state index contributed by atoms with van der Waals surface area (Å²) < 4.78 is 6.99. The number of ether oxygens (including phenoxy) is 1. The van der Waals surface area contributed by atoms with Crippen molar-refractivity contribution in [1.29, 1.82) is 0 Å². The third-order valence-corrected chi connectivity index (χ3v) is 3.30. The summed E-state index contributed by atoms with van der Waals surface area (Å²) in [6.45, 7) is 4.68. The summed E-state index contributed by atoms with van der Waals surface area (Å²) in [6, 6.07) is 9.32. The fraction of sp³-hybridized carbons (Fsp3) is 0.400. The van der Waals surface area contributed by atoms with Crippen LogP contribution in [0.15, 0.2) is 36.5 Å². The number of methoxy groups -OCH3 is 1. The van der Waals surface area contributed by atoms with Crippen molar-refractivity contribution < 1.29 is 9.84 Å². The topological polar surface area (TPSA) is 47.3 Å². The Labute approximate surface area is 113 Å². The average Bonchev–Trinajstić information content (AvgIpc) is 2.88. The predicted molar refractivity (Wildman–Crippen MR) is 74.2 cm³/mol. The van der Waals surface area contributed by atoms with Crippen LogP contribution in [0.1, 0.15) is 31.5 Å². The molecule has 1 unspecified atom stereocenters. The van der Waals surface area contributed by atoms with Gasteiger partial charge in [0.05, 0.1) is 12.8 Å². The molecule has 0 amide bonds. The van der Waals surface area contributed by atoms with E-state index in [-0.39, 0.29) is 0 Å². The van der Waals surface area contributed by atoms with Gasteiger partial charge in [-0.3, -0.25) is 4.68 Å². The Kier molecular flexibility index (Phi) is 3.90. The van der Waals surface area contributed by atoms with Crippen molar-refractivity contribution in [2.75, 3.05) is 7.11 Å². The monoisotopic (exact) mass is 260 g/mol. The van der Waals surface area contributed by atoms with Gasteiger partial charge in [-0.25, -0.2) is 0 Å². The van der Waals surface area contributed by atoms with E-state index in [0.717, 1.165) is 30.0 Å². The molecule has 2 aromatic rings. The fourth-order valence-electron chi connectivity index (χ4n) is 2.20. The van der Waals surface area contributed by atoms with Crippen molar-refractivity contribution in [2.45, 2.75) is 32.4 Å². The molecule has 19 heavy (non-hydrogen) atoms. The number of aromatic nitrogens is 2. The molecule has 4 heteroatoms. The Bertz CT molecular complexity index is 529. The van der Waals surface area contributed by atoms with Crippen LogP contribution >= 0.6 is 0 Å². The molecule has 0 aliphatic carbocycles. The number of hydrogen-bond acceptors (Lipinski definition) is 3. The van der Waals surface area contributed by atoms with Crippen molar-refractivity contribution in [3.8, 4) is 5.75 Å². The van der Waals surface area contributed by atoms with E-state index in [0.29, 0.717) is 0 Å². The van der Waals surface area contributed by atoms with E-state index < -0.39 is 5.60 Å². The summed E-state index contributed by atoms with van der Waals surface area (Å²) in [6.07, 6.45) is 2.70. The van der Waals surface area contributed by atoms with Crippen LogP contribution in [0.3, 0.4) is 0 Å². The molecule has 0 aliphatic heterocycles. The zero-order valence-corrected chi connectivity index (χ0v) is 11.6. The van der Waals surface area contributed by atoms with Crippen LogP contribution < -0.4 is 4.74 Å². The molecule has 0 bridgehead atoms. The number of aliphatic hydroxyl groups is 1. The summed E-state index contributed by atoms with van der Waals surface area (Å²) in [4.78, 5) is 0. The van der Waals surface area contributed by atoms with Gasteiger partial charge in [0.1, 0.15) is 11.4 Å². The van der Waals surface area contributed by atoms with Gasteiger partial charge in [0.25, 0.3) is 0 Å². The highest BCUT2D eigenvalue weighted by Gasteiger charge is 2.29. The van der Waals surface area contributed by atoms with Gasteiger partial charge >= 0.3 is 0 Å². The molecule has 4 nitrogen and oxygen atoms in total. The first kappa shape index (κ1) is 13.6. The van der Waals surface area contributed by atoms with Gasteiger partial charge in [-0.1, -0.05) is 19.1 Å². The van der Waals surface area contributed by atoms with Crippen molar-refractivity contribution in [3.05, 3.63) is 47.8 Å². The molecular formula is C15H20N2O2. The minimum Gasteiger partial charge on any atom is -0.497 e. The molecule has 102 valence electrons. The molecule has 1 aromatic heterocycles. The first-order valence-corrected chi connectivity index (χ1v) is 6.48. The summed E-state index contributed by atoms with van der Waals surface area (Å²) in [5, 5.41) is 15.1. The Hall–Kier alpha value is -1.81. The van der Waals surface area contributed by atoms with Crippen molar-refractivity contribution >= 4 is 0 Å². The molecule has 0 radical (unpaired) electrons. The second-order valence-electron chi connectivity index (χ2n) is 4.74. The summed E-state index contributed by atoms with van der Waals surface area (Å²) in [5.74, 6) is 0.779. The number of rotatable bonds is 5. The zero-order chi connectivity index (χ0) is 13.9. The van der Waals surface area contributed by atoms with Crippen molar-refractivity contribution in [1.82, 2.24) is 9.78 Å². The Morgan fingerprint density at radius 1 is 1.26 bits per heavy atom. The average molecular weight is 260 g/mol. The van der Waals surface area contributed by atoms with Gasteiger partial charge < -0.3 is 9.84 Å². The van der Waals surface area contributed by atoms with E-state index in [9.17, 15) is 5.11 Å². The van der Waals surface area contributed by atoms with Crippen molar-refractivity contribution in [3.63, 3.8) is 0 Å². The Morgan fingerprint density at radius 2 is 1.95 bits per heavy atom. The molecule has 0 saturated heterocycles. The molecule has 1 aromatic carbocycles. The standard InChI is InChI=1S/C15H20N2O2/c1-4-11-17-14(9-10-16-17)15(2,18)12-5-7-13(19-3)8-6-12/h5-10,18H,4,11H2,1-3H3. The second-order valence-corrected chi connectivity index (χ2v) is 4.74. The van der Waals surface area contributed by atoms with Crippen LogP contribution in [0.4, 0.5) is 0 Å². The Morgan fingerprint density at radius 3 is 2.53 bits per heavy atom. The van der Waals surface area contributed by atoms with Gasteiger partial charge in [-0.2, -0.15) is 5.10 Å². The van der Waals surface area contributed by atoms with Gasteiger partial charge in [0, 0.05) is 12.7 Å². The predicted octanol–water partition coefficient (Wildman–Crippen LogP) is 2.56. The lowest BCUT2D eigenvalue weighted by Crippen LogP contribution is -2.27. The van der Waals surface area contributed by atoms with Crippen molar-refractivity contribution in [2.24, 2.45) is 0 Å². The molecule has 2 rings (SSSR count). The van der Waals surface area contributed by atoms with E-state index in [2.05, 4.69) is 12.0 Å². The number of benzene rings is 1. The highest BCUT2D eigenvalue weighted by Crippen LogP contribution is 2.30. The first-order valence-electron chi connectivity index (χ1n) is 6.48. The fourth-order valence-corrected chi connectivity index (χ4v) is 2.20. The van der Waals surface area contributed by atoms with Gasteiger partial charge in [0.2, 0.25) is 0 Å². The quantitative estimate of drug-likeness (QED) is 0.898. The van der Waals surface area contributed by atoms with E-state index >= 15 is 0 Å². The summed E-state index contributed by atoms with van der Waals surface area (Å²) in [5.41, 5.74) is 0.573. The summed E-state index contributed by atoms with van der Waals surface area (Å²) in [7, 11) is 1.63. The second kappa shape index (κ2) is 5.45. The normalized spacial score (nSPS) is 14.1. The van der Waals surface area contributed by atoms with E-state index in [1.54, 1.807) is 20.2 Å². The lowest BCUT2D eigenvalue weighted by Gasteiger charge is -2.25. The SMILES string of the molecule is CCCn1nccc1C(C)(O)c1ccc(OC)cc1. The highest BCUT2D eigenvalue weighted by atomic mass is 16.5. The third-order valence-electron chi connectivity index (χ3n) is 3.30. The highest BCUT2D eigenvalue weighted by molar-refractivity contribution is 5.35. The van der Waals surface area contributed by atoms with E-state index in [1.165, 1.54) is 0 Å². The minimum atomic E-state index is -1.06. The third kappa shape index (κ3) is 2.63. The molecule has 0 fully saturated rings. The molecule has 0 aliphatic rings.